The number of hydrogen-bond donors (Lipinski definition) is 1. The van der Waals surface area contributed by atoms with E-state index in [1.165, 1.54) is 6.26 Å². The maximum absolute atomic E-state index is 11.9. The van der Waals surface area contributed by atoms with Crippen molar-refractivity contribution in [3.63, 3.8) is 0 Å². The van der Waals surface area contributed by atoms with Crippen molar-refractivity contribution < 1.29 is 17.9 Å². The highest BCUT2D eigenvalue weighted by molar-refractivity contribution is 7.90. The van der Waals surface area contributed by atoms with Crippen LogP contribution in [0.15, 0.2) is 0 Å². The second kappa shape index (κ2) is 5.28. The van der Waals surface area contributed by atoms with Gasteiger partial charge in [-0.2, -0.15) is 0 Å². The van der Waals surface area contributed by atoms with Crippen LogP contribution in [0.1, 0.15) is 33.6 Å². The van der Waals surface area contributed by atoms with Gasteiger partial charge in [0.15, 0.2) is 0 Å². The van der Waals surface area contributed by atoms with E-state index in [4.69, 9.17) is 10.5 Å². The first-order valence-corrected chi connectivity index (χ1v) is 8.41. The number of carbonyl (C=O) groups is 1. The quantitative estimate of drug-likeness (QED) is 0.811. The van der Waals surface area contributed by atoms with Gasteiger partial charge in [-0.05, 0) is 33.6 Å². The molecule has 0 atom stereocenters. The van der Waals surface area contributed by atoms with Gasteiger partial charge in [0.1, 0.15) is 15.4 Å². The number of ether oxygens (including phenoxy) is 1. The zero-order valence-corrected chi connectivity index (χ0v) is 12.9. The molecule has 1 rings (SSSR count). The number of carbonyl (C=O) groups excluding carboxylic acids is 1. The monoisotopic (exact) mass is 292 g/mol. The van der Waals surface area contributed by atoms with Crippen molar-refractivity contribution in [1.29, 1.82) is 0 Å². The Balaban J connectivity index is 2.55. The van der Waals surface area contributed by atoms with E-state index in [1.807, 2.05) is 20.8 Å². The molecule has 1 aliphatic rings. The molecule has 0 bridgehead atoms. The lowest BCUT2D eigenvalue weighted by molar-refractivity contribution is 0.0178. The second-order valence-corrected chi connectivity index (χ2v) is 8.54. The molecular weight excluding hydrogens is 268 g/mol. The molecule has 0 spiro atoms. The number of piperidine rings is 1. The smallest absolute Gasteiger partial charge is 0.410 e. The van der Waals surface area contributed by atoms with Crippen LogP contribution in [0.3, 0.4) is 0 Å². The standard InChI is InChI=1S/C12H24N2O4S/c1-11(2,3)18-10(15)14-7-5-12(13,6-8-14)9-19(4,16)17/h5-9,13H2,1-4H3. The zero-order chi connectivity index (χ0) is 14.9. The van der Waals surface area contributed by atoms with Crippen LogP contribution in [-0.2, 0) is 14.6 Å². The number of likely N-dealkylation sites (tertiary alicyclic amines) is 1. The van der Waals surface area contributed by atoms with E-state index in [-0.39, 0.29) is 11.8 Å². The molecule has 0 saturated carbocycles. The van der Waals surface area contributed by atoms with Gasteiger partial charge < -0.3 is 15.4 Å². The largest absolute Gasteiger partial charge is 0.444 e. The predicted octanol–water partition coefficient (Wildman–Crippen LogP) is 0.759. The van der Waals surface area contributed by atoms with Crippen LogP contribution >= 0.6 is 0 Å². The lowest BCUT2D eigenvalue weighted by Crippen LogP contribution is -2.55. The van der Waals surface area contributed by atoms with E-state index < -0.39 is 21.0 Å². The third-order valence-electron chi connectivity index (χ3n) is 2.96. The van der Waals surface area contributed by atoms with Crippen molar-refractivity contribution in [2.45, 2.75) is 44.8 Å². The minimum absolute atomic E-state index is 0.0395. The van der Waals surface area contributed by atoms with Crippen molar-refractivity contribution in [2.75, 3.05) is 25.1 Å². The molecule has 6 nitrogen and oxygen atoms in total. The summed E-state index contributed by atoms with van der Waals surface area (Å²) in [6, 6.07) is 0. The highest BCUT2D eigenvalue weighted by Gasteiger charge is 2.36. The minimum Gasteiger partial charge on any atom is -0.444 e. The molecule has 0 aromatic heterocycles. The van der Waals surface area contributed by atoms with Crippen LogP contribution < -0.4 is 5.73 Å². The lowest BCUT2D eigenvalue weighted by atomic mass is 9.91. The molecule has 0 aromatic carbocycles. The highest BCUT2D eigenvalue weighted by Crippen LogP contribution is 2.22. The van der Waals surface area contributed by atoms with Gasteiger partial charge >= 0.3 is 6.09 Å². The molecule has 0 radical (unpaired) electrons. The third-order valence-corrected chi connectivity index (χ3v) is 4.06. The van der Waals surface area contributed by atoms with Crippen molar-refractivity contribution in [2.24, 2.45) is 5.73 Å². The maximum Gasteiger partial charge on any atom is 0.410 e. The molecule has 1 aliphatic heterocycles. The number of nitrogens with zero attached hydrogens (tertiary/aromatic N) is 1. The van der Waals surface area contributed by atoms with E-state index in [9.17, 15) is 13.2 Å². The summed E-state index contributed by atoms with van der Waals surface area (Å²) in [4.78, 5) is 13.4. The first kappa shape index (κ1) is 16.2. The normalized spacial score (nSPS) is 20.2. The maximum atomic E-state index is 11.9. The van der Waals surface area contributed by atoms with Gasteiger partial charge in [-0.15, -0.1) is 0 Å². The zero-order valence-electron chi connectivity index (χ0n) is 12.1. The number of nitrogens with two attached hydrogens (primary N) is 1. The van der Waals surface area contributed by atoms with Crippen molar-refractivity contribution in [1.82, 2.24) is 4.90 Å². The number of sulfone groups is 1. The van der Waals surface area contributed by atoms with Crippen LogP contribution in [-0.4, -0.2) is 55.6 Å². The van der Waals surface area contributed by atoms with Crippen molar-refractivity contribution in [3.8, 4) is 0 Å². The Kier molecular flexibility index (Phi) is 4.51. The van der Waals surface area contributed by atoms with E-state index in [0.29, 0.717) is 25.9 Å². The Morgan fingerprint density at radius 3 is 2.16 bits per heavy atom. The van der Waals surface area contributed by atoms with E-state index in [1.54, 1.807) is 4.90 Å². The average Bonchev–Trinajstić information content (AvgIpc) is 2.11. The summed E-state index contributed by atoms with van der Waals surface area (Å²) in [6.07, 6.45) is 1.76. The van der Waals surface area contributed by atoms with Crippen LogP contribution in [0, 0.1) is 0 Å². The van der Waals surface area contributed by atoms with Gasteiger partial charge in [0, 0.05) is 24.9 Å². The van der Waals surface area contributed by atoms with E-state index in [0.717, 1.165) is 0 Å². The number of amides is 1. The fraction of sp³-hybridized carbons (Fsp3) is 0.917. The van der Waals surface area contributed by atoms with Crippen molar-refractivity contribution >= 4 is 15.9 Å². The topological polar surface area (TPSA) is 89.7 Å². The molecule has 112 valence electrons. The molecule has 0 unspecified atom stereocenters. The van der Waals surface area contributed by atoms with Crippen LogP contribution in [0.25, 0.3) is 0 Å². The summed E-state index contributed by atoms with van der Waals surface area (Å²) in [7, 11) is -3.11. The fourth-order valence-electron chi connectivity index (χ4n) is 2.13. The Labute approximate surface area is 115 Å². The summed E-state index contributed by atoms with van der Waals surface area (Å²) >= 11 is 0. The van der Waals surface area contributed by atoms with Crippen molar-refractivity contribution in [3.05, 3.63) is 0 Å². The molecular formula is C12H24N2O4S. The summed E-state index contributed by atoms with van der Waals surface area (Å²) in [5.74, 6) is -0.0395. The Bertz CT molecular complexity index is 431. The van der Waals surface area contributed by atoms with Gasteiger partial charge in [0.2, 0.25) is 0 Å². The summed E-state index contributed by atoms with van der Waals surface area (Å²) in [5, 5.41) is 0. The molecule has 1 heterocycles. The number of hydrogen-bond acceptors (Lipinski definition) is 5. The SMILES string of the molecule is CC(C)(C)OC(=O)N1CCC(N)(CS(C)(=O)=O)CC1. The first-order chi connectivity index (χ1) is 8.40. The summed E-state index contributed by atoms with van der Waals surface area (Å²) < 4.78 is 27.9. The Morgan fingerprint density at radius 1 is 1.32 bits per heavy atom. The van der Waals surface area contributed by atoms with E-state index in [2.05, 4.69) is 0 Å². The summed E-state index contributed by atoms with van der Waals surface area (Å²) in [5.41, 5.74) is 4.82. The first-order valence-electron chi connectivity index (χ1n) is 6.35. The Morgan fingerprint density at radius 2 is 1.79 bits per heavy atom. The second-order valence-electron chi connectivity index (χ2n) is 6.40. The third kappa shape index (κ3) is 5.78. The molecule has 0 aromatic rings. The molecule has 2 N–H and O–H groups in total. The highest BCUT2D eigenvalue weighted by atomic mass is 32.2. The van der Waals surface area contributed by atoms with Gasteiger partial charge in [-0.3, -0.25) is 0 Å². The molecule has 1 amide bonds. The lowest BCUT2D eigenvalue weighted by Gasteiger charge is -2.39. The molecule has 7 heteroatoms. The Hall–Kier alpha value is -0.820. The fourth-order valence-corrected chi connectivity index (χ4v) is 3.46. The van der Waals surface area contributed by atoms with Gasteiger partial charge in [0.25, 0.3) is 0 Å². The molecule has 19 heavy (non-hydrogen) atoms. The van der Waals surface area contributed by atoms with Crippen LogP contribution in [0.4, 0.5) is 4.79 Å². The minimum atomic E-state index is -3.11. The summed E-state index contributed by atoms with van der Waals surface area (Å²) in [6.45, 7) is 6.30. The average molecular weight is 292 g/mol. The number of rotatable bonds is 2. The molecule has 1 saturated heterocycles. The van der Waals surface area contributed by atoms with E-state index >= 15 is 0 Å². The predicted molar refractivity (Wildman–Crippen MR) is 73.7 cm³/mol. The van der Waals surface area contributed by atoms with Crippen LogP contribution in [0.2, 0.25) is 0 Å². The molecule has 0 aliphatic carbocycles. The van der Waals surface area contributed by atoms with Crippen LogP contribution in [0.5, 0.6) is 0 Å². The van der Waals surface area contributed by atoms with Gasteiger partial charge in [0.05, 0.1) is 5.75 Å². The van der Waals surface area contributed by atoms with Gasteiger partial charge in [-0.1, -0.05) is 0 Å². The van der Waals surface area contributed by atoms with Gasteiger partial charge in [-0.25, -0.2) is 13.2 Å². The molecule has 1 fully saturated rings.